The minimum atomic E-state index is -3.41. The average molecular weight is 523 g/mol. The first-order valence-corrected chi connectivity index (χ1v) is 12.0. The molecule has 0 aromatic heterocycles. The summed E-state index contributed by atoms with van der Waals surface area (Å²) in [6, 6.07) is 2.91. The van der Waals surface area contributed by atoms with Gasteiger partial charge in [-0.25, -0.2) is 14.6 Å². The summed E-state index contributed by atoms with van der Waals surface area (Å²) >= 11 is 0. The number of ether oxygens (including phenoxy) is 3. The second-order valence-electron chi connectivity index (χ2n) is 7.53. The van der Waals surface area contributed by atoms with Crippen LogP contribution in [0, 0.1) is 0 Å². The average Bonchev–Trinajstić information content (AvgIpc) is 3.09. The van der Waals surface area contributed by atoms with E-state index >= 15 is 0 Å². The smallest absolute Gasteiger partial charge is 0.354 e. The van der Waals surface area contributed by atoms with E-state index < -0.39 is 34.3 Å². The molecule has 0 radical (unpaired) electrons. The number of likely N-dealkylation sites (N-methyl/N-ethyl adjacent to an activating group) is 1. The maximum Gasteiger partial charge on any atom is 0.354 e. The van der Waals surface area contributed by atoms with Gasteiger partial charge in [-0.05, 0) is 30.8 Å². The first-order chi connectivity index (χ1) is 17.1. The lowest BCUT2D eigenvalue weighted by atomic mass is 10.1. The van der Waals surface area contributed by atoms with Gasteiger partial charge in [-0.1, -0.05) is 0 Å². The quantitative estimate of drug-likeness (QED) is 0.497. The van der Waals surface area contributed by atoms with E-state index in [9.17, 15) is 19.2 Å². The van der Waals surface area contributed by atoms with Crippen molar-refractivity contribution in [1.82, 2.24) is 15.5 Å². The molecule has 3 rings (SSSR count). The van der Waals surface area contributed by atoms with Crippen LogP contribution in [-0.2, 0) is 22.7 Å². The number of rotatable bonds is 8. The number of carbonyl (C=O) groups is 4. The van der Waals surface area contributed by atoms with Gasteiger partial charge in [0.05, 0.1) is 32.3 Å². The third-order valence-corrected chi connectivity index (χ3v) is 6.85. The summed E-state index contributed by atoms with van der Waals surface area (Å²) < 4.78 is 26.6. The van der Waals surface area contributed by atoms with Gasteiger partial charge in [0.25, 0.3) is 11.8 Å². The predicted molar refractivity (Wildman–Crippen MR) is 130 cm³/mol. The van der Waals surface area contributed by atoms with Gasteiger partial charge in [-0.3, -0.25) is 14.9 Å². The van der Waals surface area contributed by atoms with Crippen molar-refractivity contribution in [3.05, 3.63) is 41.0 Å². The third-order valence-electron chi connectivity index (χ3n) is 4.76. The summed E-state index contributed by atoms with van der Waals surface area (Å²) in [7, 11) is 4.41. The lowest BCUT2D eigenvalue weighted by Gasteiger charge is -2.34. The van der Waals surface area contributed by atoms with Gasteiger partial charge in [0.1, 0.15) is 11.4 Å². The Morgan fingerprint density at radius 3 is 2.22 bits per heavy atom. The van der Waals surface area contributed by atoms with Gasteiger partial charge in [-0.2, -0.15) is 0 Å². The maximum atomic E-state index is 13.3. The molecule has 14 heteroatoms. The van der Waals surface area contributed by atoms with E-state index in [4.69, 9.17) is 22.6 Å². The van der Waals surface area contributed by atoms with E-state index in [1.807, 2.05) is 19.0 Å². The first-order valence-electron chi connectivity index (χ1n) is 10.5. The molecule has 0 saturated heterocycles. The van der Waals surface area contributed by atoms with E-state index in [0.717, 1.165) is 17.6 Å². The highest BCUT2D eigenvalue weighted by Crippen LogP contribution is 2.58. The Hall–Kier alpha value is -4.04. The van der Waals surface area contributed by atoms with E-state index in [0.29, 0.717) is 18.8 Å². The van der Waals surface area contributed by atoms with Gasteiger partial charge < -0.3 is 32.8 Å². The minimum absolute atomic E-state index is 0.0146. The number of benzene rings is 1. The molecule has 194 valence electrons. The summed E-state index contributed by atoms with van der Waals surface area (Å²) in [5.74, 6) is -2.62. The van der Waals surface area contributed by atoms with Crippen molar-refractivity contribution in [3.8, 4) is 17.2 Å². The highest BCUT2D eigenvalue weighted by molar-refractivity contribution is 8.41. The van der Waals surface area contributed by atoms with E-state index in [1.54, 1.807) is 0 Å². The zero-order chi connectivity index (χ0) is 26.5. The highest BCUT2D eigenvalue weighted by atomic mass is 32.3. The number of amidine groups is 1. The van der Waals surface area contributed by atoms with Gasteiger partial charge in [0, 0.05) is 31.3 Å². The second kappa shape index (κ2) is 11.1. The lowest BCUT2D eigenvalue weighted by Crippen LogP contribution is -2.35. The number of aliphatic imine (C=N–C) groups is 1. The van der Waals surface area contributed by atoms with Crippen LogP contribution in [-0.4, -0.2) is 82.3 Å². The molecule has 0 aliphatic carbocycles. The summed E-state index contributed by atoms with van der Waals surface area (Å²) in [6.07, 6.45) is 1.75. The molecule has 2 aliphatic heterocycles. The Morgan fingerprint density at radius 2 is 1.67 bits per heavy atom. The molecule has 1 spiro atoms. The number of nitrogens with zero attached hydrogens (tertiary/aromatic N) is 2. The number of carbonyl (C=O) groups excluding carboxylic acids is 4. The van der Waals surface area contributed by atoms with Gasteiger partial charge >= 0.3 is 11.9 Å². The van der Waals surface area contributed by atoms with Crippen molar-refractivity contribution in [1.29, 1.82) is 0 Å². The van der Waals surface area contributed by atoms with Crippen molar-refractivity contribution < 1.29 is 41.8 Å². The lowest BCUT2D eigenvalue weighted by molar-refractivity contribution is -0.129. The van der Waals surface area contributed by atoms with Crippen LogP contribution in [0.5, 0.6) is 17.2 Å². The molecule has 0 atom stereocenters. The van der Waals surface area contributed by atoms with Crippen molar-refractivity contribution in [2.45, 2.75) is 0 Å². The van der Waals surface area contributed by atoms with E-state index in [2.05, 4.69) is 15.6 Å². The molecule has 2 amide bonds. The molecule has 2 aliphatic rings. The summed E-state index contributed by atoms with van der Waals surface area (Å²) in [4.78, 5) is 56.5. The summed E-state index contributed by atoms with van der Waals surface area (Å²) in [5, 5.41) is 5.95. The fourth-order valence-electron chi connectivity index (χ4n) is 3.06. The molecule has 2 heterocycles. The number of methoxy groups -OCH3 is 3. The molecule has 0 saturated carbocycles. The van der Waals surface area contributed by atoms with Crippen LogP contribution in [0.4, 0.5) is 0 Å². The van der Waals surface area contributed by atoms with Crippen LogP contribution in [0.15, 0.2) is 40.4 Å². The number of nitrogens with one attached hydrogen (secondary N) is 2. The Morgan fingerprint density at radius 1 is 1.00 bits per heavy atom. The van der Waals surface area contributed by atoms with Crippen molar-refractivity contribution in [3.63, 3.8) is 0 Å². The van der Waals surface area contributed by atoms with Crippen molar-refractivity contribution >= 4 is 39.5 Å². The van der Waals surface area contributed by atoms with Crippen molar-refractivity contribution in [2.24, 2.45) is 4.99 Å². The number of hydrogen-bond donors (Lipinski definition) is 2. The van der Waals surface area contributed by atoms with Gasteiger partial charge in [0.15, 0.2) is 11.5 Å². The first kappa shape index (κ1) is 26.6. The minimum Gasteiger partial charge on any atom is -0.497 e. The van der Waals surface area contributed by atoms with Crippen molar-refractivity contribution in [2.75, 3.05) is 48.5 Å². The number of amides is 2. The van der Waals surface area contributed by atoms with Crippen LogP contribution in [0.1, 0.15) is 10.4 Å². The molecule has 1 aromatic carbocycles. The fourth-order valence-corrected chi connectivity index (χ4v) is 4.97. The SMILES string of the molecule is COc1cc(OC)c(OC)c(C(=O)NC2=NC(C(=O)NCCN(C)C)=CS23OC(=O)C=CC(=O)O3)c1. The Kier molecular flexibility index (Phi) is 8.22. The summed E-state index contributed by atoms with van der Waals surface area (Å²) in [5.41, 5.74) is -0.212. The molecule has 0 bridgehead atoms. The Balaban J connectivity index is 1.99. The maximum absolute atomic E-state index is 13.3. The zero-order valence-electron chi connectivity index (χ0n) is 20.3. The standard InChI is InChI=1S/C22H26N4O9S/c1-26(2)9-8-23-21(30)15-12-36(34-17(27)6-7-18(28)35-36)22(24-15)25-20(29)14-10-13(31-3)11-16(32-4)19(14)33-5/h6-7,10-12H,8-9H2,1-5H3,(H,23,30)(H,24,25,29). The molecule has 36 heavy (non-hydrogen) atoms. The molecule has 2 N–H and O–H groups in total. The topological polar surface area (TPSA) is 154 Å². The fraction of sp³-hybridized carbons (Fsp3) is 0.318. The Labute approximate surface area is 208 Å². The zero-order valence-corrected chi connectivity index (χ0v) is 21.1. The largest absolute Gasteiger partial charge is 0.497 e. The van der Waals surface area contributed by atoms with Crippen LogP contribution >= 0.6 is 10.6 Å². The van der Waals surface area contributed by atoms with E-state index in [-0.39, 0.29) is 27.9 Å². The monoisotopic (exact) mass is 522 g/mol. The third kappa shape index (κ3) is 5.78. The predicted octanol–water partition coefficient (Wildman–Crippen LogP) is 0.622. The van der Waals surface area contributed by atoms with Gasteiger partial charge in [-0.15, -0.1) is 0 Å². The molecule has 0 unspecified atom stereocenters. The molecule has 0 fully saturated rings. The molecule has 13 nitrogen and oxygen atoms in total. The summed E-state index contributed by atoms with van der Waals surface area (Å²) in [6.45, 7) is 0.848. The molecule has 1 aromatic rings. The van der Waals surface area contributed by atoms with Crippen LogP contribution in [0.3, 0.4) is 0 Å². The molecular weight excluding hydrogens is 496 g/mol. The van der Waals surface area contributed by atoms with Gasteiger partial charge in [0.2, 0.25) is 5.17 Å². The normalized spacial score (nSPS) is 16.8. The number of hydrogen-bond acceptors (Lipinski definition) is 11. The van der Waals surface area contributed by atoms with Crippen LogP contribution < -0.4 is 24.8 Å². The Bertz CT molecular complexity index is 1160. The molecular formula is C22H26N4O9S. The van der Waals surface area contributed by atoms with Crippen LogP contribution in [0.25, 0.3) is 0 Å². The van der Waals surface area contributed by atoms with E-state index in [1.165, 1.54) is 33.5 Å². The second-order valence-corrected chi connectivity index (χ2v) is 9.57. The highest BCUT2D eigenvalue weighted by Gasteiger charge is 2.42. The van der Waals surface area contributed by atoms with Crippen LogP contribution in [0.2, 0.25) is 0 Å².